The molecule has 80 valence electrons. The first kappa shape index (κ1) is 12.0. The van der Waals surface area contributed by atoms with Gasteiger partial charge in [-0.15, -0.1) is 0 Å². The zero-order chi connectivity index (χ0) is 10.2. The van der Waals surface area contributed by atoms with Crippen molar-refractivity contribution in [1.29, 1.82) is 0 Å². The highest BCUT2D eigenvalue weighted by Gasteiger charge is 2.22. The molecule has 0 aromatic heterocycles. The smallest absolute Gasteiger partial charge is 0.305 e. The van der Waals surface area contributed by atoms with E-state index in [0.717, 1.165) is 11.6 Å². The van der Waals surface area contributed by atoms with Crippen molar-refractivity contribution in [1.82, 2.24) is 0 Å². The van der Waals surface area contributed by atoms with E-state index in [4.69, 9.17) is 4.74 Å². The third-order valence-electron chi connectivity index (χ3n) is 2.21. The molecule has 1 heterocycles. The Balaban J connectivity index is 1.76. The summed E-state index contributed by atoms with van der Waals surface area (Å²) in [6, 6.07) is 0. The van der Waals surface area contributed by atoms with Crippen molar-refractivity contribution in [2.24, 2.45) is 0 Å². The van der Waals surface area contributed by atoms with Crippen LogP contribution in [-0.4, -0.2) is 30.8 Å². The highest BCUT2D eigenvalue weighted by Crippen LogP contribution is 2.27. The lowest BCUT2D eigenvalue weighted by molar-refractivity contribution is -0.143. The van der Waals surface area contributed by atoms with Crippen molar-refractivity contribution in [2.45, 2.75) is 44.1 Å². The highest BCUT2D eigenvalue weighted by molar-refractivity contribution is 8.02. The van der Waals surface area contributed by atoms with Crippen LogP contribution < -0.4 is 0 Å². The summed E-state index contributed by atoms with van der Waals surface area (Å²) < 4.78 is 4.85. The molecular weight excluding hydrogens is 195 g/mol. The van der Waals surface area contributed by atoms with Gasteiger partial charge in [0.15, 0.2) is 0 Å². The first-order valence-corrected chi connectivity index (χ1v) is 6.65. The normalized spacial score (nSPS) is 18.8. The lowest BCUT2D eigenvalue weighted by atomic mass is 10.1. The standard InChI is InChI=1S/C10H19BO2S/c1-2-13-10(12)6-4-3-5-7-14-9-8-11-9/h9,11H,2-8H2,1H3. The molecule has 2 nitrogen and oxygen atoms in total. The van der Waals surface area contributed by atoms with Crippen LogP contribution in [0, 0.1) is 0 Å². The van der Waals surface area contributed by atoms with Crippen molar-refractivity contribution in [3.8, 4) is 0 Å². The fourth-order valence-electron chi connectivity index (χ4n) is 1.27. The Bertz CT molecular complexity index is 172. The van der Waals surface area contributed by atoms with E-state index in [2.05, 4.69) is 11.8 Å². The number of carbonyl (C=O) groups excluding carboxylic acids is 1. The first-order valence-electron chi connectivity index (χ1n) is 5.60. The largest absolute Gasteiger partial charge is 0.466 e. The average Bonchev–Trinajstić information content (AvgIpc) is 2.95. The van der Waals surface area contributed by atoms with Crippen molar-refractivity contribution in [3.63, 3.8) is 0 Å². The number of thioether (sulfide) groups is 1. The molecule has 4 heteroatoms. The van der Waals surface area contributed by atoms with Crippen molar-refractivity contribution in [2.75, 3.05) is 12.4 Å². The Morgan fingerprint density at radius 1 is 1.50 bits per heavy atom. The van der Waals surface area contributed by atoms with Gasteiger partial charge in [-0.05, 0) is 30.7 Å². The topological polar surface area (TPSA) is 26.3 Å². The Kier molecular flexibility index (Phi) is 6.16. The monoisotopic (exact) mass is 214 g/mol. The molecule has 1 saturated heterocycles. The molecular formula is C10H19BO2S. The van der Waals surface area contributed by atoms with E-state index in [9.17, 15) is 4.79 Å². The Labute approximate surface area is 91.4 Å². The maximum Gasteiger partial charge on any atom is 0.305 e. The van der Waals surface area contributed by atoms with Crippen molar-refractivity contribution >= 4 is 25.0 Å². The van der Waals surface area contributed by atoms with E-state index in [0.29, 0.717) is 13.0 Å². The molecule has 0 amide bonds. The fourth-order valence-corrected chi connectivity index (χ4v) is 2.44. The molecule has 1 atom stereocenters. The molecule has 1 fully saturated rings. The Morgan fingerprint density at radius 2 is 2.29 bits per heavy atom. The molecule has 14 heavy (non-hydrogen) atoms. The molecule has 0 N–H and O–H groups in total. The SMILES string of the molecule is CCOC(=O)CCCCCSC1BC1. The average molecular weight is 214 g/mol. The van der Waals surface area contributed by atoms with Gasteiger partial charge in [0.2, 0.25) is 0 Å². The second-order valence-corrected chi connectivity index (χ2v) is 5.09. The molecule has 1 rings (SSSR count). The summed E-state index contributed by atoms with van der Waals surface area (Å²) >= 11 is 2.10. The zero-order valence-corrected chi connectivity index (χ0v) is 9.78. The van der Waals surface area contributed by atoms with Gasteiger partial charge in [0.25, 0.3) is 0 Å². The van der Waals surface area contributed by atoms with Gasteiger partial charge in [-0.3, -0.25) is 4.79 Å². The van der Waals surface area contributed by atoms with E-state index in [1.165, 1.54) is 32.2 Å². The summed E-state index contributed by atoms with van der Waals surface area (Å²) in [6.07, 6.45) is 5.43. The minimum Gasteiger partial charge on any atom is -0.466 e. The van der Waals surface area contributed by atoms with Crippen LogP contribution in [-0.2, 0) is 9.53 Å². The lowest BCUT2D eigenvalue weighted by Crippen LogP contribution is -2.03. The van der Waals surface area contributed by atoms with Gasteiger partial charge >= 0.3 is 5.97 Å². The van der Waals surface area contributed by atoms with Crippen LogP contribution in [0.5, 0.6) is 0 Å². The fraction of sp³-hybridized carbons (Fsp3) is 0.900. The number of hydrogen-bond donors (Lipinski definition) is 0. The third kappa shape index (κ3) is 6.36. The zero-order valence-electron chi connectivity index (χ0n) is 8.96. The number of ether oxygens (including phenoxy) is 1. The van der Waals surface area contributed by atoms with Crippen molar-refractivity contribution < 1.29 is 9.53 Å². The van der Waals surface area contributed by atoms with Crippen LogP contribution in [0.25, 0.3) is 0 Å². The van der Waals surface area contributed by atoms with Crippen LogP contribution in [0.3, 0.4) is 0 Å². The Morgan fingerprint density at radius 3 is 2.93 bits per heavy atom. The molecule has 0 aliphatic carbocycles. The minimum atomic E-state index is -0.0395. The van der Waals surface area contributed by atoms with E-state index >= 15 is 0 Å². The molecule has 0 bridgehead atoms. The van der Waals surface area contributed by atoms with Crippen LogP contribution >= 0.6 is 11.8 Å². The molecule has 0 aromatic rings. The summed E-state index contributed by atoms with van der Waals surface area (Å²) in [5.74, 6) is 1.23. The van der Waals surface area contributed by atoms with Gasteiger partial charge < -0.3 is 4.74 Å². The predicted octanol–water partition coefficient (Wildman–Crippen LogP) is 2.04. The summed E-state index contributed by atoms with van der Waals surface area (Å²) in [4.78, 5) is 11.0. The summed E-state index contributed by atoms with van der Waals surface area (Å²) in [6.45, 7) is 2.36. The predicted molar refractivity (Wildman–Crippen MR) is 63.3 cm³/mol. The van der Waals surface area contributed by atoms with E-state index in [1.54, 1.807) is 0 Å². The van der Waals surface area contributed by atoms with Gasteiger partial charge in [-0.25, -0.2) is 0 Å². The van der Waals surface area contributed by atoms with Gasteiger partial charge in [-0.1, -0.05) is 12.7 Å². The van der Waals surface area contributed by atoms with Gasteiger partial charge in [-0.2, -0.15) is 11.8 Å². The van der Waals surface area contributed by atoms with Gasteiger partial charge in [0.05, 0.1) is 6.61 Å². The molecule has 1 aliphatic heterocycles. The molecule has 0 aromatic carbocycles. The second-order valence-electron chi connectivity index (χ2n) is 3.69. The van der Waals surface area contributed by atoms with Crippen molar-refractivity contribution in [3.05, 3.63) is 0 Å². The minimum absolute atomic E-state index is 0.0395. The van der Waals surface area contributed by atoms with Gasteiger partial charge in [0.1, 0.15) is 7.28 Å². The second kappa shape index (κ2) is 7.21. The number of carbonyl (C=O) groups is 1. The number of esters is 1. The summed E-state index contributed by atoms with van der Waals surface area (Å²) in [7, 11) is 1.42. The van der Waals surface area contributed by atoms with E-state index in [-0.39, 0.29) is 5.97 Å². The van der Waals surface area contributed by atoms with Gasteiger partial charge in [0, 0.05) is 6.42 Å². The van der Waals surface area contributed by atoms with Crippen LogP contribution in [0.4, 0.5) is 0 Å². The highest BCUT2D eigenvalue weighted by atomic mass is 32.2. The third-order valence-corrected chi connectivity index (χ3v) is 3.68. The molecule has 1 unspecified atom stereocenters. The lowest BCUT2D eigenvalue weighted by Gasteiger charge is -2.01. The number of rotatable bonds is 8. The summed E-state index contributed by atoms with van der Waals surface area (Å²) in [5, 5.41) is 0.972. The summed E-state index contributed by atoms with van der Waals surface area (Å²) in [5.41, 5.74) is 0. The molecule has 0 spiro atoms. The maximum atomic E-state index is 11.0. The molecule has 1 aliphatic rings. The molecule has 0 radical (unpaired) electrons. The number of unbranched alkanes of at least 4 members (excludes halogenated alkanes) is 2. The first-order chi connectivity index (χ1) is 6.83. The maximum absolute atomic E-state index is 11.0. The van der Waals surface area contributed by atoms with Crippen LogP contribution in [0.1, 0.15) is 32.6 Å². The van der Waals surface area contributed by atoms with E-state index in [1.807, 2.05) is 6.92 Å². The van der Waals surface area contributed by atoms with E-state index < -0.39 is 0 Å². The van der Waals surface area contributed by atoms with Crippen LogP contribution in [0.15, 0.2) is 0 Å². The molecule has 0 saturated carbocycles. The van der Waals surface area contributed by atoms with Crippen LogP contribution in [0.2, 0.25) is 6.32 Å². The number of hydrogen-bond acceptors (Lipinski definition) is 3. The quantitative estimate of drug-likeness (QED) is 0.351. The Hall–Kier alpha value is -0.115.